The SMILES string of the molecule is N#Cc1nccc(-c2ccco2)c1SC1CC1. The minimum atomic E-state index is 0.496. The Morgan fingerprint density at radius 1 is 1.41 bits per heavy atom. The monoisotopic (exact) mass is 242 g/mol. The maximum Gasteiger partial charge on any atom is 0.154 e. The van der Waals surface area contributed by atoms with Gasteiger partial charge >= 0.3 is 0 Å². The first-order valence-corrected chi connectivity index (χ1v) is 6.36. The number of hydrogen-bond donors (Lipinski definition) is 0. The van der Waals surface area contributed by atoms with Gasteiger partial charge in [0, 0.05) is 17.0 Å². The Kier molecular flexibility index (Phi) is 2.62. The molecular formula is C13H10N2OS. The fraction of sp³-hybridized carbons (Fsp3) is 0.231. The molecule has 0 spiro atoms. The Morgan fingerprint density at radius 2 is 2.29 bits per heavy atom. The number of aromatic nitrogens is 1. The van der Waals surface area contributed by atoms with E-state index in [4.69, 9.17) is 9.68 Å². The summed E-state index contributed by atoms with van der Waals surface area (Å²) in [5.41, 5.74) is 1.47. The maximum absolute atomic E-state index is 9.12. The smallest absolute Gasteiger partial charge is 0.154 e. The van der Waals surface area contributed by atoms with Crippen LogP contribution in [-0.2, 0) is 0 Å². The molecule has 1 saturated carbocycles. The van der Waals surface area contributed by atoms with Crippen molar-refractivity contribution in [3.05, 3.63) is 36.4 Å². The largest absolute Gasteiger partial charge is 0.464 e. The van der Waals surface area contributed by atoms with Crippen LogP contribution in [0.15, 0.2) is 40.0 Å². The molecule has 2 aromatic rings. The molecule has 0 atom stereocenters. The lowest BCUT2D eigenvalue weighted by molar-refractivity contribution is 0.581. The summed E-state index contributed by atoms with van der Waals surface area (Å²) in [7, 11) is 0. The second-order valence-corrected chi connectivity index (χ2v) is 5.25. The highest BCUT2D eigenvalue weighted by Crippen LogP contribution is 2.43. The van der Waals surface area contributed by atoms with Crippen molar-refractivity contribution >= 4 is 11.8 Å². The molecule has 3 nitrogen and oxygen atoms in total. The van der Waals surface area contributed by atoms with Crippen LogP contribution in [0.1, 0.15) is 18.5 Å². The second kappa shape index (κ2) is 4.27. The van der Waals surface area contributed by atoms with Crippen LogP contribution in [0.4, 0.5) is 0 Å². The lowest BCUT2D eigenvalue weighted by Crippen LogP contribution is -1.91. The molecule has 0 radical (unpaired) electrons. The van der Waals surface area contributed by atoms with E-state index in [0.717, 1.165) is 16.2 Å². The van der Waals surface area contributed by atoms with Crippen molar-refractivity contribution in [2.45, 2.75) is 23.0 Å². The highest BCUT2D eigenvalue weighted by Gasteiger charge is 2.26. The molecule has 1 aliphatic rings. The van der Waals surface area contributed by atoms with Crippen molar-refractivity contribution in [3.8, 4) is 17.4 Å². The molecule has 0 saturated heterocycles. The second-order valence-electron chi connectivity index (χ2n) is 3.94. The Labute approximate surface area is 103 Å². The molecule has 1 fully saturated rings. The first-order valence-electron chi connectivity index (χ1n) is 5.48. The molecule has 1 aliphatic carbocycles. The predicted octanol–water partition coefficient (Wildman–Crippen LogP) is 3.47. The molecule has 3 rings (SSSR count). The molecule has 0 N–H and O–H groups in total. The maximum atomic E-state index is 9.12. The van der Waals surface area contributed by atoms with Crippen molar-refractivity contribution in [1.82, 2.24) is 4.98 Å². The first-order chi connectivity index (χ1) is 8.38. The molecule has 2 heterocycles. The van der Waals surface area contributed by atoms with E-state index in [2.05, 4.69) is 11.1 Å². The van der Waals surface area contributed by atoms with E-state index < -0.39 is 0 Å². The fourth-order valence-corrected chi connectivity index (χ4v) is 2.84. The zero-order valence-electron chi connectivity index (χ0n) is 9.09. The minimum Gasteiger partial charge on any atom is -0.464 e. The van der Waals surface area contributed by atoms with Crippen LogP contribution < -0.4 is 0 Å². The molecule has 84 valence electrons. The first kappa shape index (κ1) is 10.4. The van der Waals surface area contributed by atoms with Crippen LogP contribution in [0.5, 0.6) is 0 Å². The van der Waals surface area contributed by atoms with Crippen LogP contribution in [0.25, 0.3) is 11.3 Å². The molecule has 0 unspecified atom stereocenters. The number of thioether (sulfide) groups is 1. The van der Waals surface area contributed by atoms with Crippen LogP contribution in [0, 0.1) is 11.3 Å². The molecule has 0 amide bonds. The predicted molar refractivity (Wildman–Crippen MR) is 65.5 cm³/mol. The molecule has 4 heteroatoms. The molecule has 17 heavy (non-hydrogen) atoms. The average Bonchev–Trinajstić information content (AvgIpc) is 3.01. The number of rotatable bonds is 3. The third kappa shape index (κ3) is 2.06. The third-order valence-corrected chi connectivity index (χ3v) is 4.06. The number of hydrogen-bond acceptors (Lipinski definition) is 4. The average molecular weight is 242 g/mol. The summed E-state index contributed by atoms with van der Waals surface area (Å²) in [6.45, 7) is 0. The van der Waals surface area contributed by atoms with E-state index >= 15 is 0 Å². The Hall–Kier alpha value is -1.73. The van der Waals surface area contributed by atoms with Gasteiger partial charge < -0.3 is 4.42 Å². The van der Waals surface area contributed by atoms with Crippen molar-refractivity contribution in [3.63, 3.8) is 0 Å². The number of nitriles is 1. The van der Waals surface area contributed by atoms with Gasteiger partial charge in [-0.05, 0) is 31.0 Å². The van der Waals surface area contributed by atoms with E-state index in [0.29, 0.717) is 10.9 Å². The zero-order chi connectivity index (χ0) is 11.7. The van der Waals surface area contributed by atoms with Crippen LogP contribution in [0.3, 0.4) is 0 Å². The quantitative estimate of drug-likeness (QED) is 0.827. The molecule has 0 aromatic carbocycles. The van der Waals surface area contributed by atoms with Gasteiger partial charge in [0.2, 0.25) is 0 Å². The van der Waals surface area contributed by atoms with E-state index in [1.54, 1.807) is 24.2 Å². The van der Waals surface area contributed by atoms with Gasteiger partial charge in [0.15, 0.2) is 5.69 Å². The van der Waals surface area contributed by atoms with Gasteiger partial charge in [0.05, 0.1) is 11.2 Å². The van der Waals surface area contributed by atoms with Gasteiger partial charge in [-0.3, -0.25) is 0 Å². The summed E-state index contributed by atoms with van der Waals surface area (Å²) in [6, 6.07) is 7.83. The van der Waals surface area contributed by atoms with Gasteiger partial charge in [0.1, 0.15) is 11.8 Å². The van der Waals surface area contributed by atoms with Crippen molar-refractivity contribution in [2.24, 2.45) is 0 Å². The summed E-state index contributed by atoms with van der Waals surface area (Å²) in [4.78, 5) is 5.08. The zero-order valence-corrected chi connectivity index (χ0v) is 9.91. The lowest BCUT2D eigenvalue weighted by Gasteiger charge is -2.07. The van der Waals surface area contributed by atoms with E-state index in [1.165, 1.54) is 12.8 Å². The van der Waals surface area contributed by atoms with Gasteiger partial charge in [-0.1, -0.05) is 0 Å². The van der Waals surface area contributed by atoms with Gasteiger partial charge in [-0.25, -0.2) is 4.98 Å². The van der Waals surface area contributed by atoms with E-state index in [1.807, 2.05) is 18.2 Å². The molecule has 0 aliphatic heterocycles. The summed E-state index contributed by atoms with van der Waals surface area (Å²) >= 11 is 1.74. The van der Waals surface area contributed by atoms with Crippen LogP contribution in [0.2, 0.25) is 0 Å². The number of nitrogens with zero attached hydrogens (tertiary/aromatic N) is 2. The van der Waals surface area contributed by atoms with Crippen molar-refractivity contribution in [2.75, 3.05) is 0 Å². The van der Waals surface area contributed by atoms with Gasteiger partial charge in [0.25, 0.3) is 0 Å². The Morgan fingerprint density at radius 3 is 2.94 bits per heavy atom. The molecule has 2 aromatic heterocycles. The Balaban J connectivity index is 2.10. The van der Waals surface area contributed by atoms with Gasteiger partial charge in [-0.15, -0.1) is 11.8 Å². The summed E-state index contributed by atoms with van der Waals surface area (Å²) < 4.78 is 5.41. The molecule has 0 bridgehead atoms. The molecular weight excluding hydrogens is 232 g/mol. The third-order valence-electron chi connectivity index (χ3n) is 2.61. The Bertz CT molecular complexity index is 568. The van der Waals surface area contributed by atoms with Crippen molar-refractivity contribution in [1.29, 1.82) is 5.26 Å². The van der Waals surface area contributed by atoms with Crippen LogP contribution >= 0.6 is 11.8 Å². The van der Waals surface area contributed by atoms with Crippen LogP contribution in [-0.4, -0.2) is 10.2 Å². The normalized spacial score (nSPS) is 14.5. The summed E-state index contributed by atoms with van der Waals surface area (Å²) in [5.74, 6) is 0.798. The standard InChI is InChI=1S/C13H10N2OS/c14-8-11-13(17-9-3-4-9)10(5-6-15-11)12-2-1-7-16-12/h1-2,5-7,9H,3-4H2. The number of pyridine rings is 1. The minimum absolute atomic E-state index is 0.496. The topological polar surface area (TPSA) is 49.8 Å². The highest BCUT2D eigenvalue weighted by molar-refractivity contribution is 8.00. The fourth-order valence-electron chi connectivity index (χ4n) is 1.63. The van der Waals surface area contributed by atoms with E-state index in [-0.39, 0.29) is 0 Å². The van der Waals surface area contributed by atoms with Gasteiger partial charge in [-0.2, -0.15) is 5.26 Å². The summed E-state index contributed by atoms with van der Waals surface area (Å²) in [5, 5.41) is 9.76. The highest BCUT2D eigenvalue weighted by atomic mass is 32.2. The summed E-state index contributed by atoms with van der Waals surface area (Å²) in [6.07, 6.45) is 5.75. The lowest BCUT2D eigenvalue weighted by atomic mass is 10.2. The van der Waals surface area contributed by atoms with E-state index in [9.17, 15) is 0 Å². The number of furan rings is 1. The van der Waals surface area contributed by atoms with Crippen molar-refractivity contribution < 1.29 is 4.42 Å².